The largest absolute Gasteiger partial charge is 0.336 e. The minimum atomic E-state index is -0.212. The number of imide groups is 1. The lowest BCUT2D eigenvalue weighted by Crippen LogP contribution is -2.41. The Bertz CT molecular complexity index is 830. The van der Waals surface area contributed by atoms with Gasteiger partial charge in [0.05, 0.1) is 17.5 Å². The van der Waals surface area contributed by atoms with Gasteiger partial charge >= 0.3 is 0 Å². The van der Waals surface area contributed by atoms with E-state index < -0.39 is 0 Å². The Morgan fingerprint density at radius 3 is 2.72 bits per heavy atom. The zero-order valence-electron chi connectivity index (χ0n) is 13.5. The number of hydrogen-bond donors (Lipinski definition) is 0. The number of thiazole rings is 1. The van der Waals surface area contributed by atoms with Crippen LogP contribution in [0, 0.1) is 6.92 Å². The van der Waals surface area contributed by atoms with Gasteiger partial charge in [0.15, 0.2) is 5.13 Å². The second-order valence-corrected chi connectivity index (χ2v) is 7.92. The lowest BCUT2D eigenvalue weighted by Gasteiger charge is -2.21. The predicted octanol–water partition coefficient (Wildman–Crippen LogP) is 2.15. The molecule has 7 nitrogen and oxygen atoms in total. The SMILES string of the molecule is Cc1nc(-n2cccc2)sc1C(=O)N1CC[C@H](N2C(=O)CSC2=O)C1. The summed E-state index contributed by atoms with van der Waals surface area (Å²) in [4.78, 5) is 44.7. The van der Waals surface area contributed by atoms with Crippen molar-refractivity contribution in [2.45, 2.75) is 19.4 Å². The smallest absolute Gasteiger partial charge is 0.289 e. The molecule has 0 radical (unpaired) electrons. The molecule has 2 aliphatic rings. The molecule has 0 spiro atoms. The lowest BCUT2D eigenvalue weighted by atomic mass is 10.2. The third-order valence-corrected chi connectivity index (χ3v) is 6.40. The molecule has 2 aromatic rings. The summed E-state index contributed by atoms with van der Waals surface area (Å²) in [6, 6.07) is 3.60. The molecule has 0 unspecified atom stereocenters. The van der Waals surface area contributed by atoms with Crippen LogP contribution in [0.3, 0.4) is 0 Å². The Morgan fingerprint density at radius 1 is 1.28 bits per heavy atom. The molecular weight excluding hydrogens is 360 g/mol. The maximum atomic E-state index is 12.9. The van der Waals surface area contributed by atoms with Crippen molar-refractivity contribution in [1.82, 2.24) is 19.4 Å². The van der Waals surface area contributed by atoms with Gasteiger partial charge in [-0.2, -0.15) is 0 Å². The summed E-state index contributed by atoms with van der Waals surface area (Å²) in [5, 5.41) is 0.552. The second kappa shape index (κ2) is 6.30. The molecule has 0 saturated carbocycles. The summed E-state index contributed by atoms with van der Waals surface area (Å²) in [5.74, 6) is -0.0295. The van der Waals surface area contributed by atoms with Gasteiger partial charge in [-0.3, -0.25) is 19.3 Å². The van der Waals surface area contributed by atoms with Crippen molar-refractivity contribution in [2.24, 2.45) is 0 Å². The lowest BCUT2D eigenvalue weighted by molar-refractivity contribution is -0.126. The summed E-state index contributed by atoms with van der Waals surface area (Å²) in [7, 11) is 0. The molecule has 1 atom stereocenters. The molecular formula is C16H16N4O3S2. The molecule has 0 N–H and O–H groups in total. The van der Waals surface area contributed by atoms with Crippen LogP contribution in [0.4, 0.5) is 4.79 Å². The van der Waals surface area contributed by atoms with Gasteiger partial charge in [-0.25, -0.2) is 4.98 Å². The van der Waals surface area contributed by atoms with Gasteiger partial charge in [0.2, 0.25) is 5.91 Å². The number of aromatic nitrogens is 2. The molecule has 2 aliphatic heterocycles. The van der Waals surface area contributed by atoms with Crippen molar-refractivity contribution in [3.05, 3.63) is 35.1 Å². The molecule has 4 rings (SSSR count). The van der Waals surface area contributed by atoms with E-state index in [0.717, 1.165) is 16.9 Å². The van der Waals surface area contributed by atoms with Gasteiger partial charge in [-0.05, 0) is 25.5 Å². The topological polar surface area (TPSA) is 75.5 Å². The molecule has 0 aliphatic carbocycles. The Balaban J connectivity index is 1.51. The Kier molecular flexibility index (Phi) is 4.12. The summed E-state index contributed by atoms with van der Waals surface area (Å²) >= 11 is 2.39. The van der Waals surface area contributed by atoms with Crippen LogP contribution in [-0.4, -0.2) is 61.3 Å². The number of carbonyl (C=O) groups is 3. The molecule has 4 heterocycles. The van der Waals surface area contributed by atoms with Gasteiger partial charge in [-0.1, -0.05) is 23.1 Å². The molecule has 2 saturated heterocycles. The molecule has 9 heteroatoms. The summed E-state index contributed by atoms with van der Waals surface area (Å²) in [5.41, 5.74) is 0.700. The summed E-state index contributed by atoms with van der Waals surface area (Å²) < 4.78 is 1.88. The number of carbonyl (C=O) groups excluding carboxylic acids is 3. The van der Waals surface area contributed by atoms with Crippen LogP contribution in [0.15, 0.2) is 24.5 Å². The number of nitrogens with zero attached hydrogens (tertiary/aromatic N) is 4. The fourth-order valence-electron chi connectivity index (χ4n) is 3.15. The minimum absolute atomic E-state index is 0.0809. The highest BCUT2D eigenvalue weighted by atomic mass is 32.2. The first-order valence-electron chi connectivity index (χ1n) is 7.93. The maximum absolute atomic E-state index is 12.9. The minimum Gasteiger partial charge on any atom is -0.336 e. The average molecular weight is 376 g/mol. The second-order valence-electron chi connectivity index (χ2n) is 6.01. The molecule has 2 fully saturated rings. The Hall–Kier alpha value is -2.13. The highest BCUT2D eigenvalue weighted by Crippen LogP contribution is 2.29. The highest BCUT2D eigenvalue weighted by molar-refractivity contribution is 8.14. The molecule has 2 aromatic heterocycles. The fraction of sp³-hybridized carbons (Fsp3) is 0.375. The van der Waals surface area contributed by atoms with Gasteiger partial charge in [0.25, 0.3) is 11.1 Å². The van der Waals surface area contributed by atoms with E-state index in [0.29, 0.717) is 30.1 Å². The fourth-order valence-corrected chi connectivity index (χ4v) is 4.93. The van der Waals surface area contributed by atoms with E-state index >= 15 is 0 Å². The van der Waals surface area contributed by atoms with Crippen molar-refractivity contribution in [1.29, 1.82) is 0 Å². The third-order valence-electron chi connectivity index (χ3n) is 4.41. The van der Waals surface area contributed by atoms with Crippen molar-refractivity contribution in [3.63, 3.8) is 0 Å². The van der Waals surface area contributed by atoms with E-state index in [4.69, 9.17) is 0 Å². The number of aryl methyl sites for hydroxylation is 1. The van der Waals surface area contributed by atoms with Crippen LogP contribution in [0.2, 0.25) is 0 Å². The number of hydrogen-bond acceptors (Lipinski definition) is 6. The van der Waals surface area contributed by atoms with Crippen molar-refractivity contribution >= 4 is 40.2 Å². The van der Waals surface area contributed by atoms with Gasteiger partial charge < -0.3 is 9.47 Å². The van der Waals surface area contributed by atoms with Crippen LogP contribution >= 0.6 is 23.1 Å². The van der Waals surface area contributed by atoms with Gasteiger partial charge in [-0.15, -0.1) is 0 Å². The quantitative estimate of drug-likeness (QED) is 0.820. The molecule has 25 heavy (non-hydrogen) atoms. The molecule has 0 aromatic carbocycles. The normalized spacial score (nSPS) is 20.8. The van der Waals surface area contributed by atoms with E-state index in [-0.39, 0.29) is 28.8 Å². The summed E-state index contributed by atoms with van der Waals surface area (Å²) in [6.45, 7) is 2.77. The average Bonchev–Trinajstić information content (AvgIpc) is 3.34. The molecule has 130 valence electrons. The number of thioether (sulfide) groups is 1. The van der Waals surface area contributed by atoms with Crippen molar-refractivity contribution in [2.75, 3.05) is 18.8 Å². The van der Waals surface area contributed by atoms with E-state index in [1.54, 1.807) is 4.90 Å². The van der Waals surface area contributed by atoms with Gasteiger partial charge in [0, 0.05) is 25.5 Å². The first kappa shape index (κ1) is 16.3. The molecule has 3 amide bonds. The first-order valence-corrected chi connectivity index (χ1v) is 9.73. The third kappa shape index (κ3) is 2.87. The standard InChI is InChI=1S/C16H16N4O3S2/c1-10-13(25-15(17-10)18-5-2-3-6-18)14(22)19-7-4-11(8-19)20-12(21)9-24-16(20)23/h2-3,5-6,11H,4,7-9H2,1H3/t11-/m0/s1. The van der Waals surface area contributed by atoms with E-state index in [2.05, 4.69) is 4.98 Å². The maximum Gasteiger partial charge on any atom is 0.289 e. The number of rotatable bonds is 3. The first-order chi connectivity index (χ1) is 12.0. The summed E-state index contributed by atoms with van der Waals surface area (Å²) in [6.07, 6.45) is 4.41. The van der Waals surface area contributed by atoms with E-state index in [1.807, 2.05) is 36.0 Å². The van der Waals surface area contributed by atoms with Crippen molar-refractivity contribution < 1.29 is 14.4 Å². The monoisotopic (exact) mass is 376 g/mol. The predicted molar refractivity (Wildman–Crippen MR) is 95.2 cm³/mol. The van der Waals surface area contributed by atoms with Crippen molar-refractivity contribution in [3.8, 4) is 5.13 Å². The van der Waals surface area contributed by atoms with E-state index in [1.165, 1.54) is 16.2 Å². The van der Waals surface area contributed by atoms with Crippen LogP contribution in [0.5, 0.6) is 0 Å². The highest BCUT2D eigenvalue weighted by Gasteiger charge is 2.40. The van der Waals surface area contributed by atoms with Crippen LogP contribution in [0.25, 0.3) is 5.13 Å². The van der Waals surface area contributed by atoms with Crippen LogP contribution in [0.1, 0.15) is 21.8 Å². The van der Waals surface area contributed by atoms with Crippen LogP contribution < -0.4 is 0 Å². The van der Waals surface area contributed by atoms with E-state index in [9.17, 15) is 14.4 Å². The number of amides is 3. The number of likely N-dealkylation sites (tertiary alicyclic amines) is 1. The van der Waals surface area contributed by atoms with Crippen LogP contribution in [-0.2, 0) is 4.79 Å². The zero-order chi connectivity index (χ0) is 17.6. The Morgan fingerprint density at radius 2 is 2.04 bits per heavy atom. The molecule has 0 bridgehead atoms. The Labute approximate surface area is 152 Å². The van der Waals surface area contributed by atoms with Gasteiger partial charge in [0.1, 0.15) is 4.88 Å². The zero-order valence-corrected chi connectivity index (χ0v) is 15.2.